The molecule has 0 fully saturated rings. The molecule has 0 bridgehead atoms. The Bertz CT molecular complexity index is 570. The lowest BCUT2D eigenvalue weighted by atomic mass is 10.2. The Morgan fingerprint density at radius 3 is 2.74 bits per heavy atom. The molecule has 0 saturated heterocycles. The van der Waals surface area contributed by atoms with Gasteiger partial charge in [-0.15, -0.1) is 0 Å². The van der Waals surface area contributed by atoms with Gasteiger partial charge in [0, 0.05) is 11.9 Å². The summed E-state index contributed by atoms with van der Waals surface area (Å²) < 4.78 is 5.29. The highest BCUT2D eigenvalue weighted by atomic mass is 35.5. The number of aryl methyl sites for hydroxylation is 1. The summed E-state index contributed by atoms with van der Waals surface area (Å²) in [7, 11) is 0. The minimum absolute atomic E-state index is 0.112. The number of ether oxygens (including phenoxy) is 1. The number of benzene rings is 1. The number of rotatable bonds is 4. The molecule has 19 heavy (non-hydrogen) atoms. The number of aromatic nitrogens is 1. The highest BCUT2D eigenvalue weighted by molar-refractivity contribution is 6.30. The number of pyridine rings is 1. The summed E-state index contributed by atoms with van der Waals surface area (Å²) >= 11 is 5.82. The average Bonchev–Trinajstić information content (AvgIpc) is 2.40. The van der Waals surface area contributed by atoms with E-state index in [0.717, 1.165) is 11.3 Å². The molecular weight excluding hydrogens is 264 g/mol. The second-order valence-electron chi connectivity index (χ2n) is 4.00. The normalized spacial score (nSPS) is 10.0. The molecule has 2 aromatic rings. The van der Waals surface area contributed by atoms with Crippen LogP contribution in [0.1, 0.15) is 5.56 Å². The van der Waals surface area contributed by atoms with Crippen molar-refractivity contribution < 1.29 is 9.53 Å². The van der Waals surface area contributed by atoms with Gasteiger partial charge in [-0.05, 0) is 31.2 Å². The van der Waals surface area contributed by atoms with E-state index in [1.807, 2.05) is 31.2 Å². The molecule has 0 aliphatic carbocycles. The monoisotopic (exact) mass is 276 g/mol. The Morgan fingerprint density at radius 2 is 2.05 bits per heavy atom. The Morgan fingerprint density at radius 1 is 1.32 bits per heavy atom. The van der Waals surface area contributed by atoms with Gasteiger partial charge in [0.25, 0.3) is 5.91 Å². The van der Waals surface area contributed by atoms with Gasteiger partial charge in [0.1, 0.15) is 0 Å². The third-order valence-corrected chi connectivity index (χ3v) is 2.70. The molecule has 0 unspecified atom stereocenters. The van der Waals surface area contributed by atoms with Gasteiger partial charge >= 0.3 is 0 Å². The highest BCUT2D eigenvalue weighted by Crippen LogP contribution is 2.20. The molecule has 0 radical (unpaired) electrons. The number of hydrogen-bond acceptors (Lipinski definition) is 3. The Kier molecular flexibility index (Phi) is 4.36. The van der Waals surface area contributed by atoms with Crippen molar-refractivity contribution >= 4 is 23.2 Å². The molecule has 0 atom stereocenters. The third kappa shape index (κ3) is 3.96. The first-order valence-electron chi connectivity index (χ1n) is 5.75. The maximum Gasteiger partial charge on any atom is 0.262 e. The van der Waals surface area contributed by atoms with Crippen molar-refractivity contribution in [1.29, 1.82) is 0 Å². The third-order valence-electron chi connectivity index (χ3n) is 2.42. The highest BCUT2D eigenvalue weighted by Gasteiger charge is 2.06. The SMILES string of the molecule is Cc1ccc(NC(=O)COc2cccnc2Cl)cc1. The van der Waals surface area contributed by atoms with Crippen LogP contribution in [-0.2, 0) is 4.79 Å². The summed E-state index contributed by atoms with van der Waals surface area (Å²) in [6.45, 7) is 1.87. The molecule has 0 saturated carbocycles. The number of nitrogens with one attached hydrogen (secondary N) is 1. The van der Waals surface area contributed by atoms with Gasteiger partial charge in [-0.1, -0.05) is 29.3 Å². The van der Waals surface area contributed by atoms with Crippen molar-refractivity contribution in [2.45, 2.75) is 6.92 Å². The second-order valence-corrected chi connectivity index (χ2v) is 4.35. The van der Waals surface area contributed by atoms with Gasteiger partial charge in [0.15, 0.2) is 17.5 Å². The minimum Gasteiger partial charge on any atom is -0.481 e. The van der Waals surface area contributed by atoms with Crippen LogP contribution in [0.3, 0.4) is 0 Å². The average molecular weight is 277 g/mol. The van der Waals surface area contributed by atoms with E-state index in [-0.39, 0.29) is 17.7 Å². The number of halogens is 1. The van der Waals surface area contributed by atoms with Gasteiger partial charge in [-0.3, -0.25) is 4.79 Å². The molecular formula is C14H13ClN2O2. The summed E-state index contributed by atoms with van der Waals surface area (Å²) in [6.07, 6.45) is 1.56. The summed E-state index contributed by atoms with van der Waals surface area (Å²) in [5.41, 5.74) is 1.87. The number of amides is 1. The molecule has 0 aliphatic rings. The van der Waals surface area contributed by atoms with E-state index in [0.29, 0.717) is 5.75 Å². The molecule has 1 aromatic heterocycles. The van der Waals surface area contributed by atoms with Crippen LogP contribution in [0, 0.1) is 6.92 Å². The van der Waals surface area contributed by atoms with E-state index < -0.39 is 0 Å². The lowest BCUT2D eigenvalue weighted by Gasteiger charge is -2.08. The minimum atomic E-state index is -0.247. The van der Waals surface area contributed by atoms with Crippen LogP contribution in [-0.4, -0.2) is 17.5 Å². The summed E-state index contributed by atoms with van der Waals surface area (Å²) in [5.74, 6) is 0.145. The van der Waals surface area contributed by atoms with E-state index in [2.05, 4.69) is 10.3 Å². The smallest absolute Gasteiger partial charge is 0.262 e. The van der Waals surface area contributed by atoms with Gasteiger partial charge < -0.3 is 10.1 Å². The fraction of sp³-hybridized carbons (Fsp3) is 0.143. The first-order valence-corrected chi connectivity index (χ1v) is 6.13. The Hall–Kier alpha value is -2.07. The topological polar surface area (TPSA) is 51.2 Å². The molecule has 1 N–H and O–H groups in total. The molecule has 0 aliphatic heterocycles. The van der Waals surface area contributed by atoms with Crippen LogP contribution < -0.4 is 10.1 Å². The number of carbonyl (C=O) groups is 1. The zero-order valence-electron chi connectivity index (χ0n) is 10.4. The zero-order chi connectivity index (χ0) is 13.7. The van der Waals surface area contributed by atoms with Crippen LogP contribution in [0.2, 0.25) is 5.15 Å². The zero-order valence-corrected chi connectivity index (χ0v) is 11.1. The molecule has 98 valence electrons. The van der Waals surface area contributed by atoms with Gasteiger partial charge in [0.2, 0.25) is 0 Å². The maximum absolute atomic E-state index is 11.7. The van der Waals surface area contributed by atoms with Gasteiger partial charge in [-0.25, -0.2) is 4.98 Å². The molecule has 4 nitrogen and oxygen atoms in total. The van der Waals surface area contributed by atoms with Crippen LogP contribution in [0.25, 0.3) is 0 Å². The van der Waals surface area contributed by atoms with Crippen LogP contribution in [0.5, 0.6) is 5.75 Å². The van der Waals surface area contributed by atoms with Crippen LogP contribution in [0.4, 0.5) is 5.69 Å². The molecule has 5 heteroatoms. The number of hydrogen-bond donors (Lipinski definition) is 1. The summed E-state index contributed by atoms with van der Waals surface area (Å²) in [6, 6.07) is 10.9. The molecule has 1 heterocycles. The van der Waals surface area contributed by atoms with Crippen molar-refractivity contribution in [2.24, 2.45) is 0 Å². The fourth-order valence-corrected chi connectivity index (χ4v) is 1.63. The standard InChI is InChI=1S/C14H13ClN2O2/c1-10-4-6-11(7-5-10)17-13(18)9-19-12-3-2-8-16-14(12)15/h2-8H,9H2,1H3,(H,17,18). The van der Waals surface area contributed by atoms with E-state index in [4.69, 9.17) is 16.3 Å². The first kappa shape index (κ1) is 13.4. The van der Waals surface area contributed by atoms with Gasteiger partial charge in [-0.2, -0.15) is 0 Å². The van der Waals surface area contributed by atoms with Crippen LogP contribution >= 0.6 is 11.6 Å². The van der Waals surface area contributed by atoms with E-state index in [1.165, 1.54) is 0 Å². The Labute approximate surface area is 116 Å². The fourth-order valence-electron chi connectivity index (χ4n) is 1.46. The second kappa shape index (κ2) is 6.20. The Balaban J connectivity index is 1.88. The molecule has 1 aromatic carbocycles. The quantitative estimate of drug-likeness (QED) is 0.873. The van der Waals surface area contributed by atoms with E-state index >= 15 is 0 Å². The van der Waals surface area contributed by atoms with Crippen molar-refractivity contribution in [3.05, 3.63) is 53.3 Å². The maximum atomic E-state index is 11.7. The summed E-state index contributed by atoms with van der Waals surface area (Å²) in [5, 5.41) is 2.97. The van der Waals surface area contributed by atoms with Crippen LogP contribution in [0.15, 0.2) is 42.6 Å². The summed E-state index contributed by atoms with van der Waals surface area (Å²) in [4.78, 5) is 15.5. The predicted molar refractivity (Wildman–Crippen MR) is 74.6 cm³/mol. The molecule has 1 amide bonds. The number of anilines is 1. The molecule has 0 spiro atoms. The van der Waals surface area contributed by atoms with Crippen molar-refractivity contribution in [3.63, 3.8) is 0 Å². The lowest BCUT2D eigenvalue weighted by Crippen LogP contribution is -2.20. The number of carbonyl (C=O) groups excluding carboxylic acids is 1. The predicted octanol–water partition coefficient (Wildman–Crippen LogP) is 3.06. The number of nitrogens with zero attached hydrogens (tertiary/aromatic N) is 1. The van der Waals surface area contributed by atoms with E-state index in [9.17, 15) is 4.79 Å². The first-order chi connectivity index (χ1) is 9.15. The lowest BCUT2D eigenvalue weighted by molar-refractivity contribution is -0.118. The van der Waals surface area contributed by atoms with Crippen molar-refractivity contribution in [1.82, 2.24) is 4.98 Å². The largest absolute Gasteiger partial charge is 0.481 e. The van der Waals surface area contributed by atoms with Crippen molar-refractivity contribution in [2.75, 3.05) is 11.9 Å². The van der Waals surface area contributed by atoms with Gasteiger partial charge in [0.05, 0.1) is 0 Å². The van der Waals surface area contributed by atoms with Crippen molar-refractivity contribution in [3.8, 4) is 5.75 Å². The van der Waals surface area contributed by atoms with E-state index in [1.54, 1.807) is 18.3 Å². The molecule has 2 rings (SSSR count).